The Labute approximate surface area is 94.8 Å². The molecular weight excluding hydrogens is 202 g/mol. The fourth-order valence-corrected chi connectivity index (χ4v) is 2.36. The van der Waals surface area contributed by atoms with E-state index in [1.165, 1.54) is 0 Å². The Balaban J connectivity index is 2.58. The van der Waals surface area contributed by atoms with Crippen LogP contribution in [0.2, 0.25) is 0 Å². The second-order valence-electron chi connectivity index (χ2n) is 4.57. The molecule has 0 heterocycles. The SMILES string of the molecule is Cc1cc(C)c(O)c(C2(N=C=O)CCC2)c1. The first kappa shape index (κ1) is 10.9. The van der Waals surface area contributed by atoms with Gasteiger partial charge in [-0.05, 0) is 44.7 Å². The van der Waals surface area contributed by atoms with Gasteiger partial charge >= 0.3 is 0 Å². The number of nitrogens with zero attached hydrogens (tertiary/aromatic N) is 1. The summed E-state index contributed by atoms with van der Waals surface area (Å²) in [5, 5.41) is 10.1. The average Bonchev–Trinajstić information content (AvgIpc) is 2.17. The number of carbonyl (C=O) groups excluding carboxylic acids is 1. The minimum Gasteiger partial charge on any atom is -0.507 e. The maximum atomic E-state index is 10.5. The number of aromatic hydroxyl groups is 1. The molecule has 1 aliphatic carbocycles. The molecule has 1 aromatic rings. The Hall–Kier alpha value is -1.60. The highest BCUT2D eigenvalue weighted by molar-refractivity contribution is 5.49. The summed E-state index contributed by atoms with van der Waals surface area (Å²) in [6.45, 7) is 3.84. The molecule has 0 spiro atoms. The molecule has 3 nitrogen and oxygen atoms in total. The first-order chi connectivity index (χ1) is 7.59. The molecule has 16 heavy (non-hydrogen) atoms. The van der Waals surface area contributed by atoms with Crippen LogP contribution in [0.25, 0.3) is 0 Å². The number of aryl methyl sites for hydroxylation is 2. The number of benzene rings is 1. The number of rotatable bonds is 2. The first-order valence-electron chi connectivity index (χ1n) is 5.49. The lowest BCUT2D eigenvalue weighted by Gasteiger charge is -2.37. The van der Waals surface area contributed by atoms with E-state index in [9.17, 15) is 9.90 Å². The van der Waals surface area contributed by atoms with Crippen LogP contribution in [-0.2, 0) is 10.3 Å². The molecule has 1 saturated carbocycles. The summed E-state index contributed by atoms with van der Waals surface area (Å²) in [5.74, 6) is 0.268. The van der Waals surface area contributed by atoms with Crippen molar-refractivity contribution in [3.05, 3.63) is 28.8 Å². The maximum Gasteiger partial charge on any atom is 0.235 e. The van der Waals surface area contributed by atoms with Crippen LogP contribution >= 0.6 is 0 Å². The van der Waals surface area contributed by atoms with E-state index < -0.39 is 5.54 Å². The van der Waals surface area contributed by atoms with Crippen molar-refractivity contribution in [2.45, 2.75) is 38.6 Å². The van der Waals surface area contributed by atoms with Gasteiger partial charge in [0.25, 0.3) is 0 Å². The molecular formula is C13H15NO2. The Morgan fingerprint density at radius 1 is 1.38 bits per heavy atom. The normalized spacial score (nSPS) is 17.4. The first-order valence-corrected chi connectivity index (χ1v) is 5.49. The predicted molar refractivity (Wildman–Crippen MR) is 61.2 cm³/mol. The molecule has 84 valence electrons. The van der Waals surface area contributed by atoms with Crippen LogP contribution in [0.3, 0.4) is 0 Å². The number of aliphatic imine (C=N–C) groups is 1. The van der Waals surface area contributed by atoms with Crippen molar-refractivity contribution in [1.29, 1.82) is 0 Å². The predicted octanol–water partition coefficient (Wildman–Crippen LogP) is 2.72. The molecule has 2 rings (SSSR count). The quantitative estimate of drug-likeness (QED) is 0.611. The van der Waals surface area contributed by atoms with Gasteiger partial charge in [0.05, 0.1) is 0 Å². The highest BCUT2D eigenvalue weighted by atomic mass is 16.3. The van der Waals surface area contributed by atoms with Crippen molar-refractivity contribution >= 4 is 6.08 Å². The van der Waals surface area contributed by atoms with E-state index in [1.54, 1.807) is 6.08 Å². The molecule has 0 atom stereocenters. The highest BCUT2D eigenvalue weighted by Crippen LogP contribution is 2.48. The van der Waals surface area contributed by atoms with Gasteiger partial charge in [-0.25, -0.2) is 4.79 Å². The topological polar surface area (TPSA) is 49.7 Å². The van der Waals surface area contributed by atoms with Crippen LogP contribution in [0.5, 0.6) is 5.75 Å². The number of hydrogen-bond acceptors (Lipinski definition) is 3. The smallest absolute Gasteiger partial charge is 0.235 e. The Morgan fingerprint density at radius 2 is 2.06 bits per heavy atom. The third-order valence-electron chi connectivity index (χ3n) is 3.39. The molecule has 1 N–H and O–H groups in total. The van der Waals surface area contributed by atoms with Gasteiger partial charge < -0.3 is 5.11 Å². The summed E-state index contributed by atoms with van der Waals surface area (Å²) >= 11 is 0. The second-order valence-corrected chi connectivity index (χ2v) is 4.57. The molecule has 0 unspecified atom stereocenters. The fourth-order valence-electron chi connectivity index (χ4n) is 2.36. The molecule has 1 fully saturated rings. The minimum absolute atomic E-state index is 0.268. The largest absolute Gasteiger partial charge is 0.507 e. The van der Waals surface area contributed by atoms with E-state index in [4.69, 9.17) is 0 Å². The molecule has 1 aliphatic rings. The Kier molecular flexibility index (Phi) is 2.56. The number of hydrogen-bond donors (Lipinski definition) is 1. The van der Waals surface area contributed by atoms with Crippen LogP contribution in [-0.4, -0.2) is 11.2 Å². The van der Waals surface area contributed by atoms with E-state index in [2.05, 4.69) is 4.99 Å². The lowest BCUT2D eigenvalue weighted by molar-refractivity contribution is 0.247. The van der Waals surface area contributed by atoms with Crippen molar-refractivity contribution < 1.29 is 9.90 Å². The highest BCUT2D eigenvalue weighted by Gasteiger charge is 2.41. The summed E-state index contributed by atoms with van der Waals surface area (Å²) < 4.78 is 0. The van der Waals surface area contributed by atoms with E-state index in [0.29, 0.717) is 0 Å². The van der Waals surface area contributed by atoms with Gasteiger partial charge in [-0.1, -0.05) is 11.6 Å². The van der Waals surface area contributed by atoms with Gasteiger partial charge in [0.2, 0.25) is 6.08 Å². The lowest BCUT2D eigenvalue weighted by Crippen LogP contribution is -2.32. The summed E-state index contributed by atoms with van der Waals surface area (Å²) in [7, 11) is 0. The third-order valence-corrected chi connectivity index (χ3v) is 3.39. The van der Waals surface area contributed by atoms with E-state index in [-0.39, 0.29) is 5.75 Å². The fraction of sp³-hybridized carbons (Fsp3) is 0.462. The van der Waals surface area contributed by atoms with E-state index in [0.717, 1.165) is 36.0 Å². The van der Waals surface area contributed by atoms with Gasteiger partial charge in [-0.3, -0.25) is 0 Å². The summed E-state index contributed by atoms with van der Waals surface area (Å²) in [4.78, 5) is 14.4. The standard InChI is InChI=1S/C13H15NO2/c1-9-6-10(2)12(16)11(7-9)13(14-8-15)4-3-5-13/h6-7,16H,3-5H2,1-2H3. The van der Waals surface area contributed by atoms with Crippen LogP contribution < -0.4 is 0 Å². The number of phenolic OH excluding ortho intramolecular Hbond substituents is 1. The molecule has 0 saturated heterocycles. The zero-order valence-electron chi connectivity index (χ0n) is 9.58. The zero-order chi connectivity index (χ0) is 11.8. The number of phenols is 1. The molecule has 0 aliphatic heterocycles. The lowest BCUT2D eigenvalue weighted by atomic mass is 9.71. The van der Waals surface area contributed by atoms with Crippen LogP contribution in [0.1, 0.15) is 36.0 Å². The molecule has 0 aromatic heterocycles. The monoisotopic (exact) mass is 217 g/mol. The zero-order valence-corrected chi connectivity index (χ0v) is 9.58. The van der Waals surface area contributed by atoms with Crippen molar-refractivity contribution in [2.24, 2.45) is 4.99 Å². The van der Waals surface area contributed by atoms with Crippen molar-refractivity contribution in [2.75, 3.05) is 0 Å². The van der Waals surface area contributed by atoms with Crippen molar-refractivity contribution in [3.8, 4) is 5.75 Å². The van der Waals surface area contributed by atoms with Crippen LogP contribution in [0.15, 0.2) is 17.1 Å². The van der Waals surface area contributed by atoms with Crippen LogP contribution in [0, 0.1) is 13.8 Å². The Morgan fingerprint density at radius 3 is 2.56 bits per heavy atom. The van der Waals surface area contributed by atoms with Gasteiger partial charge in [-0.15, -0.1) is 0 Å². The number of isocyanates is 1. The Bertz CT molecular complexity index is 469. The molecule has 0 radical (unpaired) electrons. The molecule has 3 heteroatoms. The molecule has 0 amide bonds. The van der Waals surface area contributed by atoms with Gasteiger partial charge in [0, 0.05) is 5.56 Å². The average molecular weight is 217 g/mol. The van der Waals surface area contributed by atoms with E-state index >= 15 is 0 Å². The summed E-state index contributed by atoms with van der Waals surface area (Å²) in [6.07, 6.45) is 4.31. The van der Waals surface area contributed by atoms with Gasteiger partial charge in [0.15, 0.2) is 0 Å². The van der Waals surface area contributed by atoms with Crippen molar-refractivity contribution in [3.63, 3.8) is 0 Å². The third kappa shape index (κ3) is 1.54. The van der Waals surface area contributed by atoms with E-state index in [1.807, 2.05) is 26.0 Å². The van der Waals surface area contributed by atoms with Crippen LogP contribution in [0.4, 0.5) is 0 Å². The second kappa shape index (κ2) is 3.76. The van der Waals surface area contributed by atoms with Gasteiger partial charge in [-0.2, -0.15) is 4.99 Å². The summed E-state index contributed by atoms with van der Waals surface area (Å²) in [6, 6.07) is 3.85. The van der Waals surface area contributed by atoms with Gasteiger partial charge in [0.1, 0.15) is 11.3 Å². The summed E-state index contributed by atoms with van der Waals surface area (Å²) in [5.41, 5.74) is 2.18. The maximum absolute atomic E-state index is 10.5. The minimum atomic E-state index is -0.511. The molecule has 0 bridgehead atoms. The van der Waals surface area contributed by atoms with Crippen molar-refractivity contribution in [1.82, 2.24) is 0 Å². The molecule has 1 aromatic carbocycles.